The number of isocyanates is 1. The number of alkyl halides is 3. The lowest BCUT2D eigenvalue weighted by Crippen LogP contribution is -2.06. The standard InChI is InChI=1S/C8H8F3N3O/c1-14-6(2-3-12-5-15)4-7(13-14)8(9,10)11/h4H,2-3H2,1H3. The molecule has 0 fully saturated rings. The third-order valence-corrected chi connectivity index (χ3v) is 1.81. The zero-order valence-electron chi connectivity index (χ0n) is 7.88. The highest BCUT2D eigenvalue weighted by Crippen LogP contribution is 2.28. The lowest BCUT2D eigenvalue weighted by molar-refractivity contribution is -0.141. The van der Waals surface area contributed by atoms with Crippen molar-refractivity contribution in [1.29, 1.82) is 0 Å². The maximum Gasteiger partial charge on any atom is 0.435 e. The first kappa shape index (κ1) is 11.5. The van der Waals surface area contributed by atoms with E-state index in [9.17, 15) is 18.0 Å². The summed E-state index contributed by atoms with van der Waals surface area (Å²) in [6.07, 6.45) is -2.89. The molecular formula is C8H8F3N3O. The minimum atomic E-state index is -4.44. The molecule has 0 aliphatic heterocycles. The summed E-state index contributed by atoms with van der Waals surface area (Å²) in [5.41, 5.74) is -0.559. The summed E-state index contributed by atoms with van der Waals surface area (Å²) in [7, 11) is 1.41. The Kier molecular flexibility index (Phi) is 3.26. The molecule has 82 valence electrons. The van der Waals surface area contributed by atoms with Crippen LogP contribution in [0.4, 0.5) is 13.2 Å². The van der Waals surface area contributed by atoms with Gasteiger partial charge >= 0.3 is 6.18 Å². The van der Waals surface area contributed by atoms with E-state index in [4.69, 9.17) is 0 Å². The fraction of sp³-hybridized carbons (Fsp3) is 0.500. The molecule has 0 radical (unpaired) electrons. The second kappa shape index (κ2) is 4.27. The zero-order valence-corrected chi connectivity index (χ0v) is 7.88. The Balaban J connectivity index is 2.82. The van der Waals surface area contributed by atoms with Crippen LogP contribution < -0.4 is 0 Å². The smallest absolute Gasteiger partial charge is 0.272 e. The van der Waals surface area contributed by atoms with Gasteiger partial charge in [0.05, 0.1) is 6.54 Å². The van der Waals surface area contributed by atoms with E-state index in [1.54, 1.807) is 0 Å². The molecule has 1 heterocycles. The van der Waals surface area contributed by atoms with Gasteiger partial charge in [-0.05, 0) is 6.07 Å². The predicted molar refractivity (Wildman–Crippen MR) is 44.9 cm³/mol. The Labute approximate surface area is 83.4 Å². The summed E-state index contributed by atoms with van der Waals surface area (Å²) in [4.78, 5) is 13.0. The first-order chi connectivity index (χ1) is 6.95. The van der Waals surface area contributed by atoms with Crippen LogP contribution in [-0.4, -0.2) is 22.4 Å². The fourth-order valence-corrected chi connectivity index (χ4v) is 1.09. The van der Waals surface area contributed by atoms with E-state index in [1.807, 2.05) is 0 Å². The molecule has 1 aromatic heterocycles. The van der Waals surface area contributed by atoms with Crippen LogP contribution in [0.2, 0.25) is 0 Å². The van der Waals surface area contributed by atoms with Crippen LogP contribution in [0.1, 0.15) is 11.4 Å². The first-order valence-electron chi connectivity index (χ1n) is 4.09. The van der Waals surface area contributed by atoms with Gasteiger partial charge in [0, 0.05) is 19.2 Å². The van der Waals surface area contributed by atoms with Gasteiger partial charge in [0.1, 0.15) is 0 Å². The Morgan fingerprint density at radius 3 is 2.73 bits per heavy atom. The molecule has 0 amide bonds. The van der Waals surface area contributed by atoms with E-state index in [0.717, 1.165) is 10.7 Å². The van der Waals surface area contributed by atoms with Crippen LogP contribution in [0, 0.1) is 0 Å². The lowest BCUT2D eigenvalue weighted by atomic mass is 10.3. The largest absolute Gasteiger partial charge is 0.435 e. The summed E-state index contributed by atoms with van der Waals surface area (Å²) >= 11 is 0. The Hall–Kier alpha value is -1.62. The molecule has 15 heavy (non-hydrogen) atoms. The lowest BCUT2D eigenvalue weighted by Gasteiger charge is -1.99. The monoisotopic (exact) mass is 219 g/mol. The molecule has 7 heteroatoms. The van der Waals surface area contributed by atoms with Gasteiger partial charge in [-0.1, -0.05) is 0 Å². The van der Waals surface area contributed by atoms with Gasteiger partial charge in [-0.2, -0.15) is 18.3 Å². The van der Waals surface area contributed by atoms with Crippen molar-refractivity contribution in [3.63, 3.8) is 0 Å². The molecule has 0 saturated heterocycles. The number of carbonyl (C=O) groups excluding carboxylic acids is 1. The minimum absolute atomic E-state index is 0.111. The normalized spacial score (nSPS) is 11.2. The molecule has 1 rings (SSSR count). The maximum absolute atomic E-state index is 12.2. The third-order valence-electron chi connectivity index (χ3n) is 1.81. The molecule has 0 unspecified atom stereocenters. The van der Waals surface area contributed by atoms with Crippen LogP contribution >= 0.6 is 0 Å². The average Bonchev–Trinajstić information content (AvgIpc) is 2.48. The van der Waals surface area contributed by atoms with Crippen LogP contribution in [0.5, 0.6) is 0 Å². The SMILES string of the molecule is Cn1nc(C(F)(F)F)cc1CCN=C=O. The molecule has 0 saturated carbocycles. The number of aliphatic imine (C=N–C) groups is 1. The molecule has 0 bridgehead atoms. The van der Waals surface area contributed by atoms with E-state index < -0.39 is 11.9 Å². The van der Waals surface area contributed by atoms with Crippen molar-refractivity contribution in [2.45, 2.75) is 12.6 Å². The summed E-state index contributed by atoms with van der Waals surface area (Å²) in [6.45, 7) is 0.111. The summed E-state index contributed by atoms with van der Waals surface area (Å²) in [5, 5.41) is 3.31. The number of aryl methyl sites for hydroxylation is 1. The first-order valence-corrected chi connectivity index (χ1v) is 4.09. The van der Waals surface area contributed by atoms with Crippen molar-refractivity contribution in [3.05, 3.63) is 17.5 Å². The maximum atomic E-state index is 12.2. The molecular weight excluding hydrogens is 211 g/mol. The number of rotatable bonds is 3. The number of halogens is 3. The highest BCUT2D eigenvalue weighted by Gasteiger charge is 2.34. The topological polar surface area (TPSA) is 47.2 Å². The van der Waals surface area contributed by atoms with Crippen LogP contribution in [0.15, 0.2) is 11.1 Å². The van der Waals surface area contributed by atoms with Gasteiger partial charge in [0.2, 0.25) is 6.08 Å². The number of aromatic nitrogens is 2. The minimum Gasteiger partial charge on any atom is -0.272 e. The van der Waals surface area contributed by atoms with Crippen LogP contribution in [-0.2, 0) is 24.4 Å². The Morgan fingerprint density at radius 1 is 1.60 bits per heavy atom. The highest BCUT2D eigenvalue weighted by atomic mass is 19.4. The summed E-state index contributed by atoms with van der Waals surface area (Å²) in [6, 6.07) is 0.945. The number of nitrogens with zero attached hydrogens (tertiary/aromatic N) is 3. The Bertz CT molecular complexity index is 390. The quantitative estimate of drug-likeness (QED) is 0.568. The van der Waals surface area contributed by atoms with Gasteiger partial charge in [-0.15, -0.1) is 0 Å². The van der Waals surface area contributed by atoms with Gasteiger partial charge in [-0.3, -0.25) is 4.68 Å². The average molecular weight is 219 g/mol. The molecule has 0 aromatic carbocycles. The van der Waals surface area contributed by atoms with Crippen LogP contribution in [0.3, 0.4) is 0 Å². The molecule has 0 aliphatic carbocycles. The van der Waals surface area contributed by atoms with Crippen molar-refractivity contribution in [2.24, 2.45) is 12.0 Å². The number of hydrogen-bond donors (Lipinski definition) is 0. The van der Waals surface area contributed by atoms with E-state index in [2.05, 4.69) is 10.1 Å². The third kappa shape index (κ3) is 2.92. The summed E-state index contributed by atoms with van der Waals surface area (Å²) in [5.74, 6) is 0. The van der Waals surface area contributed by atoms with E-state index in [-0.39, 0.29) is 13.0 Å². The molecule has 0 atom stereocenters. The van der Waals surface area contributed by atoms with Crippen molar-refractivity contribution in [3.8, 4) is 0 Å². The van der Waals surface area contributed by atoms with Crippen molar-refractivity contribution < 1.29 is 18.0 Å². The van der Waals surface area contributed by atoms with E-state index in [1.165, 1.54) is 13.1 Å². The molecule has 1 aromatic rings. The fourth-order valence-electron chi connectivity index (χ4n) is 1.09. The zero-order chi connectivity index (χ0) is 11.5. The van der Waals surface area contributed by atoms with Crippen molar-refractivity contribution >= 4 is 6.08 Å². The molecule has 0 spiro atoms. The summed E-state index contributed by atoms with van der Waals surface area (Å²) < 4.78 is 37.8. The predicted octanol–water partition coefficient (Wildman–Crippen LogP) is 1.32. The van der Waals surface area contributed by atoms with E-state index in [0.29, 0.717) is 5.69 Å². The van der Waals surface area contributed by atoms with Gasteiger partial charge in [-0.25, -0.2) is 9.79 Å². The van der Waals surface area contributed by atoms with Gasteiger partial charge < -0.3 is 0 Å². The van der Waals surface area contributed by atoms with Crippen molar-refractivity contribution in [1.82, 2.24) is 9.78 Å². The second-order valence-corrected chi connectivity index (χ2v) is 2.87. The molecule has 0 aliphatic rings. The molecule has 4 nitrogen and oxygen atoms in total. The number of hydrogen-bond acceptors (Lipinski definition) is 3. The van der Waals surface area contributed by atoms with Crippen LogP contribution in [0.25, 0.3) is 0 Å². The highest BCUT2D eigenvalue weighted by molar-refractivity contribution is 5.32. The van der Waals surface area contributed by atoms with Gasteiger partial charge in [0.25, 0.3) is 0 Å². The molecule has 0 N–H and O–H groups in total. The second-order valence-electron chi connectivity index (χ2n) is 2.87. The van der Waals surface area contributed by atoms with E-state index >= 15 is 0 Å². The van der Waals surface area contributed by atoms with Crippen molar-refractivity contribution in [2.75, 3.05) is 6.54 Å². The van der Waals surface area contributed by atoms with Gasteiger partial charge in [0.15, 0.2) is 5.69 Å². The Morgan fingerprint density at radius 2 is 2.27 bits per heavy atom.